The molecule has 0 saturated carbocycles. The Hall–Kier alpha value is -1.07. The van der Waals surface area contributed by atoms with Crippen LogP contribution in [0.4, 0.5) is 4.79 Å². The molecule has 1 aromatic rings. The normalized spacial score (nSPS) is 19.7. The standard InChI is InChI=1S/C18H27BrN2O2/c1-18(2,3)23-17(22)21-10-9-14(12-21)16(20-4)11-13-7-5-6-8-15(13)19/h5-8,14,16,20H,9-12H2,1-4H3. The van der Waals surface area contributed by atoms with E-state index in [0.29, 0.717) is 12.0 Å². The molecule has 0 spiro atoms. The van der Waals surface area contributed by atoms with Crippen LogP contribution in [0, 0.1) is 5.92 Å². The van der Waals surface area contributed by atoms with Gasteiger partial charge >= 0.3 is 6.09 Å². The van der Waals surface area contributed by atoms with Crippen molar-refractivity contribution in [2.75, 3.05) is 20.1 Å². The van der Waals surface area contributed by atoms with Crippen LogP contribution >= 0.6 is 15.9 Å². The number of likely N-dealkylation sites (N-methyl/N-ethyl adjacent to an activating group) is 1. The van der Waals surface area contributed by atoms with Crippen LogP contribution < -0.4 is 5.32 Å². The fourth-order valence-corrected chi connectivity index (χ4v) is 3.46. The van der Waals surface area contributed by atoms with Crippen molar-refractivity contribution in [3.63, 3.8) is 0 Å². The van der Waals surface area contributed by atoms with E-state index in [1.54, 1.807) is 0 Å². The smallest absolute Gasteiger partial charge is 0.410 e. The second-order valence-corrected chi connectivity index (χ2v) is 8.02. The molecule has 23 heavy (non-hydrogen) atoms. The van der Waals surface area contributed by atoms with Crippen LogP contribution in [-0.4, -0.2) is 42.8 Å². The number of amides is 1. The quantitative estimate of drug-likeness (QED) is 0.859. The highest BCUT2D eigenvalue weighted by Crippen LogP contribution is 2.26. The maximum absolute atomic E-state index is 12.2. The Labute approximate surface area is 147 Å². The van der Waals surface area contributed by atoms with E-state index in [0.717, 1.165) is 30.4 Å². The molecule has 1 aliphatic rings. The molecule has 1 heterocycles. The average Bonchev–Trinajstić information content (AvgIpc) is 2.94. The fourth-order valence-electron chi connectivity index (χ4n) is 3.01. The van der Waals surface area contributed by atoms with Crippen molar-refractivity contribution in [3.05, 3.63) is 34.3 Å². The second-order valence-electron chi connectivity index (χ2n) is 7.17. The molecule has 1 fully saturated rings. The topological polar surface area (TPSA) is 41.6 Å². The molecule has 1 saturated heterocycles. The molecular formula is C18H27BrN2O2. The first-order valence-electron chi connectivity index (χ1n) is 8.19. The Balaban J connectivity index is 1.96. The summed E-state index contributed by atoms with van der Waals surface area (Å²) in [5, 5.41) is 3.43. The number of rotatable bonds is 4. The number of ether oxygens (including phenoxy) is 1. The SMILES string of the molecule is CNC(Cc1ccccc1Br)C1CCN(C(=O)OC(C)(C)C)C1. The predicted molar refractivity (Wildman–Crippen MR) is 96.6 cm³/mol. The highest BCUT2D eigenvalue weighted by Gasteiger charge is 2.33. The molecule has 1 aliphatic heterocycles. The molecule has 2 atom stereocenters. The Bertz CT molecular complexity index is 542. The summed E-state index contributed by atoms with van der Waals surface area (Å²) >= 11 is 3.62. The van der Waals surface area contributed by atoms with Gasteiger partial charge in [-0.25, -0.2) is 4.79 Å². The summed E-state index contributed by atoms with van der Waals surface area (Å²) in [6.45, 7) is 7.24. The minimum absolute atomic E-state index is 0.198. The molecule has 0 aromatic heterocycles. The number of halogens is 1. The molecular weight excluding hydrogens is 356 g/mol. The van der Waals surface area contributed by atoms with Gasteiger partial charge in [-0.15, -0.1) is 0 Å². The number of hydrogen-bond donors (Lipinski definition) is 1. The van der Waals surface area contributed by atoms with Gasteiger partial charge in [0.05, 0.1) is 0 Å². The summed E-state index contributed by atoms with van der Waals surface area (Å²) in [5.74, 6) is 0.444. The Morgan fingerprint density at radius 2 is 2.13 bits per heavy atom. The largest absolute Gasteiger partial charge is 0.444 e. The molecule has 0 aliphatic carbocycles. The zero-order valence-electron chi connectivity index (χ0n) is 14.4. The number of carbonyl (C=O) groups is 1. The predicted octanol–water partition coefficient (Wildman–Crippen LogP) is 3.84. The first-order chi connectivity index (χ1) is 10.8. The van der Waals surface area contributed by atoms with E-state index < -0.39 is 5.60 Å². The van der Waals surface area contributed by atoms with E-state index in [1.165, 1.54) is 5.56 Å². The van der Waals surface area contributed by atoms with Crippen LogP contribution in [0.1, 0.15) is 32.8 Å². The van der Waals surface area contributed by atoms with Crippen LogP contribution in [0.25, 0.3) is 0 Å². The van der Waals surface area contributed by atoms with Gasteiger partial charge in [0.25, 0.3) is 0 Å². The van der Waals surface area contributed by atoms with Crippen molar-refractivity contribution in [1.82, 2.24) is 10.2 Å². The van der Waals surface area contributed by atoms with Crippen LogP contribution in [0.15, 0.2) is 28.7 Å². The lowest BCUT2D eigenvalue weighted by Gasteiger charge is -2.26. The van der Waals surface area contributed by atoms with E-state index in [1.807, 2.05) is 38.8 Å². The van der Waals surface area contributed by atoms with Crippen molar-refractivity contribution in [3.8, 4) is 0 Å². The Morgan fingerprint density at radius 3 is 2.74 bits per heavy atom. The molecule has 1 amide bonds. The van der Waals surface area contributed by atoms with Crippen LogP contribution in [0.5, 0.6) is 0 Å². The van der Waals surface area contributed by atoms with Gasteiger partial charge in [0.1, 0.15) is 5.60 Å². The molecule has 1 N–H and O–H groups in total. The van der Waals surface area contributed by atoms with Crippen LogP contribution in [0.2, 0.25) is 0 Å². The van der Waals surface area contributed by atoms with Crippen molar-refractivity contribution < 1.29 is 9.53 Å². The van der Waals surface area contributed by atoms with Crippen LogP contribution in [-0.2, 0) is 11.2 Å². The second kappa shape index (κ2) is 7.67. The van der Waals surface area contributed by atoms with Gasteiger partial charge in [0, 0.05) is 23.6 Å². The number of benzene rings is 1. The Kier molecular flexibility index (Phi) is 6.09. The lowest BCUT2D eigenvalue weighted by atomic mass is 9.93. The number of nitrogens with one attached hydrogen (secondary N) is 1. The van der Waals surface area contributed by atoms with E-state index in [9.17, 15) is 4.79 Å². The minimum atomic E-state index is -0.438. The van der Waals surface area contributed by atoms with Gasteiger partial charge in [-0.05, 0) is 58.2 Å². The van der Waals surface area contributed by atoms with Gasteiger partial charge in [0.2, 0.25) is 0 Å². The van der Waals surface area contributed by atoms with Crippen molar-refractivity contribution in [1.29, 1.82) is 0 Å². The maximum Gasteiger partial charge on any atom is 0.410 e. The highest BCUT2D eigenvalue weighted by molar-refractivity contribution is 9.10. The third-order valence-electron chi connectivity index (χ3n) is 4.21. The van der Waals surface area contributed by atoms with E-state index in [4.69, 9.17) is 4.74 Å². The molecule has 0 radical (unpaired) electrons. The highest BCUT2D eigenvalue weighted by atomic mass is 79.9. The summed E-state index contributed by atoms with van der Waals surface area (Å²) in [6.07, 6.45) is 1.76. The molecule has 2 unspecified atom stereocenters. The molecule has 0 bridgehead atoms. The monoisotopic (exact) mass is 382 g/mol. The third-order valence-corrected chi connectivity index (χ3v) is 4.99. The average molecular weight is 383 g/mol. The van der Waals surface area contributed by atoms with Gasteiger partial charge in [0.15, 0.2) is 0 Å². The number of likely N-dealkylation sites (tertiary alicyclic amines) is 1. The zero-order chi connectivity index (χ0) is 17.0. The number of nitrogens with zero attached hydrogens (tertiary/aromatic N) is 1. The molecule has 1 aromatic carbocycles. The number of hydrogen-bond acceptors (Lipinski definition) is 3. The molecule has 2 rings (SSSR count). The fraction of sp³-hybridized carbons (Fsp3) is 0.611. The third kappa shape index (κ3) is 5.21. The van der Waals surface area contributed by atoms with Crippen LogP contribution in [0.3, 0.4) is 0 Å². The summed E-state index contributed by atoms with van der Waals surface area (Å²) in [4.78, 5) is 14.0. The first-order valence-corrected chi connectivity index (χ1v) is 8.98. The first kappa shape index (κ1) is 18.3. The van der Waals surface area contributed by atoms with E-state index >= 15 is 0 Å². The van der Waals surface area contributed by atoms with Gasteiger partial charge in [-0.2, -0.15) is 0 Å². The van der Waals surface area contributed by atoms with Gasteiger partial charge in [-0.3, -0.25) is 0 Å². The summed E-state index contributed by atoms with van der Waals surface area (Å²) < 4.78 is 6.62. The van der Waals surface area contributed by atoms with Crippen molar-refractivity contribution >= 4 is 22.0 Å². The van der Waals surface area contributed by atoms with E-state index in [2.05, 4.69) is 39.4 Å². The summed E-state index contributed by atoms with van der Waals surface area (Å²) in [7, 11) is 2.00. The lowest BCUT2D eigenvalue weighted by molar-refractivity contribution is 0.0285. The zero-order valence-corrected chi connectivity index (χ0v) is 16.0. The van der Waals surface area contributed by atoms with Crippen molar-refractivity contribution in [2.45, 2.75) is 45.3 Å². The molecule has 4 nitrogen and oxygen atoms in total. The maximum atomic E-state index is 12.2. The lowest BCUT2D eigenvalue weighted by Crippen LogP contribution is -2.39. The summed E-state index contributed by atoms with van der Waals surface area (Å²) in [6, 6.07) is 8.66. The van der Waals surface area contributed by atoms with Gasteiger partial charge < -0.3 is 15.0 Å². The summed E-state index contributed by atoms with van der Waals surface area (Å²) in [5.41, 5.74) is 0.856. The van der Waals surface area contributed by atoms with Gasteiger partial charge in [-0.1, -0.05) is 34.1 Å². The van der Waals surface area contributed by atoms with Crippen molar-refractivity contribution in [2.24, 2.45) is 5.92 Å². The van der Waals surface area contributed by atoms with E-state index in [-0.39, 0.29) is 6.09 Å². The number of carbonyl (C=O) groups excluding carboxylic acids is 1. The molecule has 5 heteroatoms. The molecule has 128 valence electrons. The Morgan fingerprint density at radius 1 is 1.43 bits per heavy atom. The minimum Gasteiger partial charge on any atom is -0.444 e.